The fraction of sp³-hybridized carbons (Fsp3) is 0.500. The third-order valence-corrected chi connectivity index (χ3v) is 4.27. The summed E-state index contributed by atoms with van der Waals surface area (Å²) in [7, 11) is 0. The molecule has 0 saturated carbocycles. The predicted octanol–water partition coefficient (Wildman–Crippen LogP) is 1.80. The number of pyridine rings is 1. The average Bonchev–Trinajstić information content (AvgIpc) is 3.12. The molecule has 1 saturated heterocycles. The number of aromatic nitrogens is 4. The summed E-state index contributed by atoms with van der Waals surface area (Å²) in [6, 6.07) is 2.08. The molecule has 0 spiro atoms. The molecular formula is C16H19F3N6O. The van der Waals surface area contributed by atoms with E-state index in [1.807, 2.05) is 0 Å². The molecule has 0 aromatic carbocycles. The first kappa shape index (κ1) is 18.3. The predicted molar refractivity (Wildman–Crippen MR) is 86.7 cm³/mol. The van der Waals surface area contributed by atoms with Crippen molar-refractivity contribution >= 4 is 5.91 Å². The number of nitrogens with zero attached hydrogens (tertiary/aromatic N) is 4. The first-order valence-electron chi connectivity index (χ1n) is 8.38. The van der Waals surface area contributed by atoms with E-state index >= 15 is 0 Å². The lowest BCUT2D eigenvalue weighted by Gasteiger charge is -2.22. The Labute approximate surface area is 148 Å². The highest BCUT2D eigenvalue weighted by Crippen LogP contribution is 2.28. The zero-order valence-electron chi connectivity index (χ0n) is 14.0. The molecule has 0 aliphatic carbocycles. The Morgan fingerprint density at radius 1 is 1.38 bits per heavy atom. The van der Waals surface area contributed by atoms with Crippen molar-refractivity contribution in [3.63, 3.8) is 0 Å². The molecular weight excluding hydrogens is 349 g/mol. The molecule has 1 aliphatic rings. The van der Waals surface area contributed by atoms with Crippen LogP contribution in [0.4, 0.5) is 13.2 Å². The Kier molecular flexibility index (Phi) is 5.50. The number of hydrogen-bond donors (Lipinski definition) is 2. The van der Waals surface area contributed by atoms with Gasteiger partial charge in [-0.2, -0.15) is 13.2 Å². The van der Waals surface area contributed by atoms with E-state index in [9.17, 15) is 18.0 Å². The maximum atomic E-state index is 12.6. The largest absolute Gasteiger partial charge is 0.417 e. The Morgan fingerprint density at radius 2 is 2.23 bits per heavy atom. The van der Waals surface area contributed by atoms with Crippen LogP contribution in [-0.4, -0.2) is 45.5 Å². The smallest absolute Gasteiger partial charge is 0.351 e. The molecule has 1 unspecified atom stereocenters. The van der Waals surface area contributed by atoms with Crippen LogP contribution in [0.15, 0.2) is 24.5 Å². The standard InChI is InChI=1S/C16H19F3N6O/c17-16(18,19)12-3-4-14(22-9-12)25-10-13(23-24-25)15(26)21-7-5-11-2-1-6-20-8-11/h3-4,9-11,20H,1-2,5-8H2,(H,21,26). The molecule has 2 aromatic heterocycles. The van der Waals surface area contributed by atoms with E-state index in [0.717, 1.165) is 44.6 Å². The van der Waals surface area contributed by atoms with Crippen molar-refractivity contribution in [2.75, 3.05) is 19.6 Å². The zero-order valence-corrected chi connectivity index (χ0v) is 14.0. The van der Waals surface area contributed by atoms with Gasteiger partial charge in [-0.05, 0) is 50.4 Å². The fourth-order valence-corrected chi connectivity index (χ4v) is 2.82. The van der Waals surface area contributed by atoms with E-state index in [1.165, 1.54) is 16.9 Å². The highest BCUT2D eigenvalue weighted by atomic mass is 19.4. The maximum absolute atomic E-state index is 12.6. The second-order valence-corrected chi connectivity index (χ2v) is 6.21. The van der Waals surface area contributed by atoms with Crippen molar-refractivity contribution in [3.8, 4) is 5.82 Å². The molecule has 0 bridgehead atoms. The van der Waals surface area contributed by atoms with Crippen molar-refractivity contribution < 1.29 is 18.0 Å². The number of hydrogen-bond acceptors (Lipinski definition) is 5. The van der Waals surface area contributed by atoms with Crippen molar-refractivity contribution in [3.05, 3.63) is 35.8 Å². The molecule has 1 atom stereocenters. The number of amides is 1. The normalized spacial score (nSPS) is 17.9. The Hall–Kier alpha value is -2.49. The molecule has 1 amide bonds. The fourth-order valence-electron chi connectivity index (χ4n) is 2.82. The second kappa shape index (κ2) is 7.81. The lowest BCUT2D eigenvalue weighted by atomic mass is 9.96. The minimum atomic E-state index is -4.45. The molecule has 26 heavy (non-hydrogen) atoms. The highest BCUT2D eigenvalue weighted by molar-refractivity contribution is 5.91. The highest BCUT2D eigenvalue weighted by Gasteiger charge is 2.30. The Balaban J connectivity index is 1.55. The summed E-state index contributed by atoms with van der Waals surface area (Å²) >= 11 is 0. The van der Waals surface area contributed by atoms with Gasteiger partial charge in [-0.3, -0.25) is 4.79 Å². The van der Waals surface area contributed by atoms with Crippen LogP contribution in [0, 0.1) is 5.92 Å². The molecule has 140 valence electrons. The molecule has 7 nitrogen and oxygen atoms in total. The van der Waals surface area contributed by atoms with Crippen LogP contribution in [0.3, 0.4) is 0 Å². The topological polar surface area (TPSA) is 84.7 Å². The molecule has 2 N–H and O–H groups in total. The number of rotatable bonds is 5. The van der Waals surface area contributed by atoms with Gasteiger partial charge in [0.1, 0.15) is 0 Å². The molecule has 3 rings (SSSR count). The van der Waals surface area contributed by atoms with Crippen LogP contribution in [0.5, 0.6) is 0 Å². The van der Waals surface area contributed by atoms with E-state index < -0.39 is 11.7 Å². The quantitative estimate of drug-likeness (QED) is 0.841. The third kappa shape index (κ3) is 4.57. The van der Waals surface area contributed by atoms with Crippen molar-refractivity contribution in [1.82, 2.24) is 30.6 Å². The van der Waals surface area contributed by atoms with Gasteiger partial charge in [0.15, 0.2) is 11.5 Å². The second-order valence-electron chi connectivity index (χ2n) is 6.21. The molecule has 3 heterocycles. The number of carbonyl (C=O) groups excluding carboxylic acids is 1. The number of alkyl halides is 3. The van der Waals surface area contributed by atoms with Crippen LogP contribution >= 0.6 is 0 Å². The Morgan fingerprint density at radius 3 is 2.88 bits per heavy atom. The first-order chi connectivity index (χ1) is 12.4. The molecule has 1 fully saturated rings. The number of carbonyl (C=O) groups is 1. The first-order valence-corrected chi connectivity index (χ1v) is 8.38. The van der Waals surface area contributed by atoms with E-state index in [2.05, 4.69) is 25.9 Å². The van der Waals surface area contributed by atoms with E-state index in [1.54, 1.807) is 0 Å². The van der Waals surface area contributed by atoms with Gasteiger partial charge in [0.2, 0.25) is 0 Å². The van der Waals surface area contributed by atoms with Gasteiger partial charge in [-0.25, -0.2) is 9.67 Å². The van der Waals surface area contributed by atoms with Crippen LogP contribution in [0.25, 0.3) is 5.82 Å². The molecule has 10 heteroatoms. The third-order valence-electron chi connectivity index (χ3n) is 4.27. The number of halogens is 3. The lowest BCUT2D eigenvalue weighted by molar-refractivity contribution is -0.137. The van der Waals surface area contributed by atoms with Gasteiger partial charge in [0.05, 0.1) is 11.8 Å². The van der Waals surface area contributed by atoms with Gasteiger partial charge in [-0.1, -0.05) is 5.21 Å². The van der Waals surface area contributed by atoms with E-state index in [4.69, 9.17) is 0 Å². The summed E-state index contributed by atoms with van der Waals surface area (Å²) in [6.07, 6.45) is 0.786. The van der Waals surface area contributed by atoms with Gasteiger partial charge >= 0.3 is 6.18 Å². The number of nitrogens with one attached hydrogen (secondary N) is 2. The SMILES string of the molecule is O=C(NCCC1CCCNC1)c1cn(-c2ccc(C(F)(F)F)cn2)nn1. The van der Waals surface area contributed by atoms with Crippen LogP contribution in [0.1, 0.15) is 35.3 Å². The summed E-state index contributed by atoms with van der Waals surface area (Å²) in [5, 5.41) is 13.6. The average molecular weight is 368 g/mol. The minimum Gasteiger partial charge on any atom is -0.351 e. The van der Waals surface area contributed by atoms with Crippen molar-refractivity contribution in [2.45, 2.75) is 25.4 Å². The summed E-state index contributed by atoms with van der Waals surface area (Å²) in [4.78, 5) is 15.8. The summed E-state index contributed by atoms with van der Waals surface area (Å²) < 4.78 is 38.8. The monoisotopic (exact) mass is 368 g/mol. The van der Waals surface area contributed by atoms with E-state index in [0.29, 0.717) is 12.5 Å². The summed E-state index contributed by atoms with van der Waals surface area (Å²) in [5.74, 6) is 0.334. The number of piperidine rings is 1. The summed E-state index contributed by atoms with van der Waals surface area (Å²) in [5.41, 5.74) is -0.759. The van der Waals surface area contributed by atoms with Crippen molar-refractivity contribution in [1.29, 1.82) is 0 Å². The van der Waals surface area contributed by atoms with Gasteiger partial charge in [0.25, 0.3) is 5.91 Å². The zero-order chi connectivity index (χ0) is 18.6. The molecule has 0 radical (unpaired) electrons. The summed E-state index contributed by atoms with van der Waals surface area (Å²) in [6.45, 7) is 2.55. The van der Waals surface area contributed by atoms with Gasteiger partial charge < -0.3 is 10.6 Å². The van der Waals surface area contributed by atoms with E-state index in [-0.39, 0.29) is 17.4 Å². The van der Waals surface area contributed by atoms with Crippen LogP contribution in [0.2, 0.25) is 0 Å². The molecule has 1 aliphatic heterocycles. The minimum absolute atomic E-state index is 0.0912. The van der Waals surface area contributed by atoms with Crippen molar-refractivity contribution in [2.24, 2.45) is 5.92 Å². The Bertz CT molecular complexity index is 737. The van der Waals surface area contributed by atoms with Gasteiger partial charge in [0, 0.05) is 12.7 Å². The van der Waals surface area contributed by atoms with Crippen LogP contribution < -0.4 is 10.6 Å². The van der Waals surface area contributed by atoms with Crippen LogP contribution in [-0.2, 0) is 6.18 Å². The lowest BCUT2D eigenvalue weighted by Crippen LogP contribution is -2.33. The maximum Gasteiger partial charge on any atom is 0.417 e. The van der Waals surface area contributed by atoms with Gasteiger partial charge in [-0.15, -0.1) is 5.10 Å². The molecule has 2 aromatic rings.